The Labute approximate surface area is 208 Å². The summed E-state index contributed by atoms with van der Waals surface area (Å²) in [5.41, 5.74) is 0. The molecular formula is C24H48O11. The number of ether oxygens (including phenoxy) is 5. The second-order valence-corrected chi connectivity index (χ2v) is 10.3. The van der Waals surface area contributed by atoms with Gasteiger partial charge in [0.2, 0.25) is 0 Å². The number of hydrogen-bond donors (Lipinski definition) is 6. The zero-order valence-corrected chi connectivity index (χ0v) is 22.2. The number of rotatable bonds is 9. The van der Waals surface area contributed by atoms with Gasteiger partial charge in [-0.05, 0) is 47.5 Å². The summed E-state index contributed by atoms with van der Waals surface area (Å²) >= 11 is 0. The van der Waals surface area contributed by atoms with Crippen molar-refractivity contribution in [1.29, 1.82) is 0 Å². The molecular weight excluding hydrogens is 464 g/mol. The van der Waals surface area contributed by atoms with Gasteiger partial charge in [0.05, 0.1) is 37.6 Å². The van der Waals surface area contributed by atoms with Gasteiger partial charge >= 0.3 is 0 Å². The molecule has 0 spiro atoms. The first-order chi connectivity index (χ1) is 16.2. The minimum atomic E-state index is -1.30. The van der Waals surface area contributed by atoms with Gasteiger partial charge in [-0.15, -0.1) is 0 Å². The Morgan fingerprint density at radius 1 is 0.543 bits per heavy atom. The van der Waals surface area contributed by atoms with Gasteiger partial charge in [-0.1, -0.05) is 13.8 Å². The third-order valence-corrected chi connectivity index (χ3v) is 5.67. The van der Waals surface area contributed by atoms with E-state index in [-0.39, 0.29) is 37.4 Å². The molecule has 2 saturated heterocycles. The molecule has 0 aliphatic carbocycles. The molecule has 0 saturated carbocycles. The molecule has 2 aliphatic rings. The summed E-state index contributed by atoms with van der Waals surface area (Å²) in [6.45, 7) is 15.3. The quantitative estimate of drug-likeness (QED) is 0.237. The van der Waals surface area contributed by atoms with E-state index in [9.17, 15) is 30.6 Å². The second kappa shape index (κ2) is 15.1. The summed E-state index contributed by atoms with van der Waals surface area (Å²) < 4.78 is 27.1. The molecule has 210 valence electrons. The van der Waals surface area contributed by atoms with Gasteiger partial charge in [-0.3, -0.25) is 0 Å². The van der Waals surface area contributed by atoms with E-state index < -0.39 is 61.2 Å². The maximum absolute atomic E-state index is 9.81. The molecule has 0 aromatic rings. The average molecular weight is 513 g/mol. The molecule has 2 unspecified atom stereocenters. The summed E-state index contributed by atoms with van der Waals surface area (Å²) in [5.74, 6) is 0.0636. The molecule has 0 amide bonds. The van der Waals surface area contributed by atoms with Crippen LogP contribution in [0.4, 0.5) is 0 Å². The van der Waals surface area contributed by atoms with Gasteiger partial charge in [0.15, 0.2) is 6.29 Å². The SMILES string of the molecule is CC(C)OC[C@@H]1OC(C(C)C)[C@@H](O)[C@H](O)[C@H]1O.CC(C)OC[C@@H]1OC(OC(C)C)[C@@H](O)[C@H](O)[C@H]1O. The molecule has 11 nitrogen and oxygen atoms in total. The zero-order chi connectivity index (χ0) is 27.0. The van der Waals surface area contributed by atoms with Gasteiger partial charge in [-0.2, -0.15) is 0 Å². The smallest absolute Gasteiger partial charge is 0.186 e. The average Bonchev–Trinajstić information content (AvgIpc) is 2.76. The highest BCUT2D eigenvalue weighted by Gasteiger charge is 2.45. The molecule has 0 bridgehead atoms. The maximum Gasteiger partial charge on any atom is 0.186 e. The lowest BCUT2D eigenvalue weighted by atomic mass is 9.89. The Balaban J connectivity index is 0.000000351. The predicted octanol–water partition coefficient (Wildman–Crippen LogP) is -0.438. The summed E-state index contributed by atoms with van der Waals surface area (Å²) in [4.78, 5) is 0. The lowest BCUT2D eigenvalue weighted by Gasteiger charge is -2.42. The molecule has 11 heteroatoms. The number of aliphatic hydroxyl groups is 6. The maximum atomic E-state index is 9.81. The molecule has 6 N–H and O–H groups in total. The first-order valence-electron chi connectivity index (χ1n) is 12.4. The van der Waals surface area contributed by atoms with Gasteiger partial charge in [0.25, 0.3) is 0 Å². The Morgan fingerprint density at radius 2 is 0.971 bits per heavy atom. The van der Waals surface area contributed by atoms with Crippen molar-refractivity contribution in [2.75, 3.05) is 13.2 Å². The van der Waals surface area contributed by atoms with E-state index in [1.807, 2.05) is 41.5 Å². The van der Waals surface area contributed by atoms with Crippen LogP contribution in [-0.2, 0) is 23.7 Å². The van der Waals surface area contributed by atoms with Crippen LogP contribution < -0.4 is 0 Å². The normalized spacial score (nSPS) is 38.2. The van der Waals surface area contributed by atoms with Crippen LogP contribution in [-0.4, -0.2) is 123 Å². The Hall–Kier alpha value is -0.440. The van der Waals surface area contributed by atoms with Crippen LogP contribution in [0.25, 0.3) is 0 Å². The summed E-state index contributed by atoms with van der Waals surface area (Å²) in [6, 6.07) is 0. The number of aliphatic hydroxyl groups excluding tert-OH is 6. The fraction of sp³-hybridized carbons (Fsp3) is 1.00. The van der Waals surface area contributed by atoms with E-state index >= 15 is 0 Å². The van der Waals surface area contributed by atoms with E-state index in [2.05, 4.69) is 0 Å². The molecule has 0 aromatic heterocycles. The molecule has 0 aromatic carbocycles. The van der Waals surface area contributed by atoms with Crippen LogP contribution in [0, 0.1) is 5.92 Å². The third kappa shape index (κ3) is 10.1. The fourth-order valence-corrected chi connectivity index (χ4v) is 3.68. The first kappa shape index (κ1) is 32.6. The van der Waals surface area contributed by atoms with E-state index in [0.717, 1.165) is 0 Å². The fourth-order valence-electron chi connectivity index (χ4n) is 3.68. The summed E-state index contributed by atoms with van der Waals surface area (Å²) in [7, 11) is 0. The first-order valence-corrected chi connectivity index (χ1v) is 12.4. The molecule has 2 rings (SSSR count). The van der Waals surface area contributed by atoms with Crippen LogP contribution in [0.1, 0.15) is 55.4 Å². The van der Waals surface area contributed by atoms with Crippen LogP contribution >= 0.6 is 0 Å². The Bertz CT molecular complexity index is 572. The van der Waals surface area contributed by atoms with E-state index in [4.69, 9.17) is 23.7 Å². The zero-order valence-electron chi connectivity index (χ0n) is 22.2. The van der Waals surface area contributed by atoms with Gasteiger partial charge in [-0.25, -0.2) is 0 Å². The lowest BCUT2D eigenvalue weighted by Crippen LogP contribution is -2.60. The van der Waals surface area contributed by atoms with Gasteiger partial charge < -0.3 is 54.3 Å². The van der Waals surface area contributed by atoms with Crippen molar-refractivity contribution in [3.63, 3.8) is 0 Å². The van der Waals surface area contributed by atoms with Crippen molar-refractivity contribution in [2.24, 2.45) is 5.92 Å². The van der Waals surface area contributed by atoms with Crippen molar-refractivity contribution in [2.45, 2.75) is 135 Å². The van der Waals surface area contributed by atoms with E-state index in [1.165, 1.54) is 0 Å². The molecule has 2 fully saturated rings. The number of hydrogen-bond acceptors (Lipinski definition) is 11. The standard InChI is InChI=1S/C12H24O6.C12H24O5/c1-6(2)16-5-8-9(13)10(14)11(15)12(18-8)17-7(3)4;1-6(2)12-11(15)10(14)9(13)8(17-12)5-16-7(3)4/h6-15H,5H2,1-4H3;6-15H,5H2,1-4H3/t2*8-,9-,10+,11-,12?/m00/s1. The minimum Gasteiger partial charge on any atom is -0.388 e. The highest BCUT2D eigenvalue weighted by Crippen LogP contribution is 2.26. The molecule has 0 radical (unpaired) electrons. The predicted molar refractivity (Wildman–Crippen MR) is 127 cm³/mol. The molecule has 2 aliphatic heterocycles. The third-order valence-electron chi connectivity index (χ3n) is 5.67. The summed E-state index contributed by atoms with van der Waals surface area (Å²) in [5, 5.41) is 58.7. The van der Waals surface area contributed by atoms with E-state index in [0.29, 0.717) is 0 Å². The largest absolute Gasteiger partial charge is 0.388 e. The van der Waals surface area contributed by atoms with Crippen molar-refractivity contribution in [1.82, 2.24) is 0 Å². The van der Waals surface area contributed by atoms with Crippen LogP contribution in [0.2, 0.25) is 0 Å². The van der Waals surface area contributed by atoms with Gasteiger partial charge in [0, 0.05) is 0 Å². The minimum absolute atomic E-state index is 0.00531. The Morgan fingerprint density at radius 3 is 1.37 bits per heavy atom. The second-order valence-electron chi connectivity index (χ2n) is 10.3. The molecule has 10 atom stereocenters. The van der Waals surface area contributed by atoms with Crippen molar-refractivity contribution < 1.29 is 54.3 Å². The van der Waals surface area contributed by atoms with Crippen molar-refractivity contribution >= 4 is 0 Å². The van der Waals surface area contributed by atoms with Crippen LogP contribution in [0.3, 0.4) is 0 Å². The van der Waals surface area contributed by atoms with Gasteiger partial charge in [0.1, 0.15) is 48.8 Å². The van der Waals surface area contributed by atoms with E-state index in [1.54, 1.807) is 13.8 Å². The molecule has 2 heterocycles. The highest BCUT2D eigenvalue weighted by molar-refractivity contribution is 4.93. The molecule has 35 heavy (non-hydrogen) atoms. The highest BCUT2D eigenvalue weighted by atomic mass is 16.7. The van der Waals surface area contributed by atoms with Crippen molar-refractivity contribution in [3.05, 3.63) is 0 Å². The Kier molecular flexibility index (Phi) is 14.0. The van der Waals surface area contributed by atoms with Crippen LogP contribution in [0.5, 0.6) is 0 Å². The lowest BCUT2D eigenvalue weighted by molar-refractivity contribution is -0.311. The monoisotopic (exact) mass is 512 g/mol. The van der Waals surface area contributed by atoms with Crippen molar-refractivity contribution in [3.8, 4) is 0 Å². The topological polar surface area (TPSA) is 168 Å². The van der Waals surface area contributed by atoms with Crippen LogP contribution in [0.15, 0.2) is 0 Å². The summed E-state index contributed by atoms with van der Waals surface area (Å²) in [6.07, 6.45) is -9.97.